The molecule has 0 fully saturated rings. The molecule has 3 nitrogen and oxygen atoms in total. The van der Waals surface area contributed by atoms with Gasteiger partial charge in [0.1, 0.15) is 4.99 Å². The van der Waals surface area contributed by atoms with Crippen LogP contribution in [0.2, 0.25) is 0 Å². The summed E-state index contributed by atoms with van der Waals surface area (Å²) in [6.45, 7) is 0.201. The van der Waals surface area contributed by atoms with Crippen LogP contribution in [0.1, 0.15) is 35.2 Å². The van der Waals surface area contributed by atoms with E-state index in [0.717, 1.165) is 0 Å². The first-order valence-electron chi connectivity index (χ1n) is 6.04. The number of unbranched alkanes of at least 4 members (excludes halogenated alkanes) is 1. The maximum absolute atomic E-state index is 11.9. The number of amides is 1. The molecule has 0 aliphatic rings. The molecule has 0 atom stereocenters. The van der Waals surface area contributed by atoms with Gasteiger partial charge in [0.2, 0.25) is 0 Å². The van der Waals surface area contributed by atoms with Crippen LogP contribution in [0, 0.1) is 0 Å². The van der Waals surface area contributed by atoms with Crippen LogP contribution in [0.3, 0.4) is 0 Å². The van der Waals surface area contributed by atoms with E-state index in [4.69, 9.17) is 18.0 Å². The number of carbonyl (C=O) groups is 1. The number of alkyl halides is 3. The predicted molar refractivity (Wildman–Crippen MR) is 74.6 cm³/mol. The van der Waals surface area contributed by atoms with Gasteiger partial charge in [-0.2, -0.15) is 13.2 Å². The molecule has 1 amide bonds. The van der Waals surface area contributed by atoms with E-state index in [2.05, 4.69) is 5.32 Å². The number of carbonyl (C=O) groups excluding carboxylic acids is 1. The van der Waals surface area contributed by atoms with E-state index in [9.17, 15) is 18.0 Å². The molecule has 0 saturated heterocycles. The van der Waals surface area contributed by atoms with E-state index >= 15 is 0 Å². The summed E-state index contributed by atoms with van der Waals surface area (Å²) in [7, 11) is 0. The van der Waals surface area contributed by atoms with Crippen LogP contribution in [0.15, 0.2) is 24.3 Å². The summed E-state index contributed by atoms with van der Waals surface area (Å²) in [6.07, 6.45) is -4.70. The molecule has 0 aromatic heterocycles. The third kappa shape index (κ3) is 6.01. The number of nitrogens with one attached hydrogen (secondary N) is 1. The van der Waals surface area contributed by atoms with Crippen molar-refractivity contribution in [3.05, 3.63) is 35.4 Å². The number of nitrogens with two attached hydrogens (primary N) is 1. The third-order valence-corrected chi connectivity index (χ3v) is 2.82. The highest BCUT2D eigenvalue weighted by Gasteiger charge is 2.25. The zero-order chi connectivity index (χ0) is 15.2. The Morgan fingerprint density at radius 3 is 2.50 bits per heavy atom. The van der Waals surface area contributed by atoms with Gasteiger partial charge in [-0.3, -0.25) is 4.79 Å². The maximum atomic E-state index is 11.9. The Hall–Kier alpha value is -1.63. The SMILES string of the molecule is NC(=S)c1cccc(C(=O)NCCCCC(F)(F)F)c1. The van der Waals surface area contributed by atoms with Crippen molar-refractivity contribution in [2.24, 2.45) is 5.73 Å². The summed E-state index contributed by atoms with van der Waals surface area (Å²) in [4.78, 5) is 11.9. The monoisotopic (exact) mass is 304 g/mol. The normalized spacial score (nSPS) is 11.2. The molecule has 1 aromatic rings. The van der Waals surface area contributed by atoms with Crippen molar-refractivity contribution < 1.29 is 18.0 Å². The Morgan fingerprint density at radius 1 is 1.25 bits per heavy atom. The second-order valence-electron chi connectivity index (χ2n) is 4.27. The Morgan fingerprint density at radius 2 is 1.90 bits per heavy atom. The molecule has 0 saturated carbocycles. The lowest BCUT2D eigenvalue weighted by atomic mass is 10.1. The van der Waals surface area contributed by atoms with Crippen molar-refractivity contribution >= 4 is 23.1 Å². The van der Waals surface area contributed by atoms with Gasteiger partial charge in [-0.15, -0.1) is 0 Å². The zero-order valence-corrected chi connectivity index (χ0v) is 11.5. The number of halogens is 3. The molecule has 0 bridgehead atoms. The van der Waals surface area contributed by atoms with Crippen molar-refractivity contribution in [1.82, 2.24) is 5.32 Å². The maximum Gasteiger partial charge on any atom is 0.389 e. The highest BCUT2D eigenvalue weighted by molar-refractivity contribution is 7.80. The minimum absolute atomic E-state index is 0.00327. The van der Waals surface area contributed by atoms with Crippen molar-refractivity contribution in [1.29, 1.82) is 0 Å². The van der Waals surface area contributed by atoms with Crippen molar-refractivity contribution in [2.45, 2.75) is 25.4 Å². The molecule has 0 aliphatic heterocycles. The summed E-state index contributed by atoms with van der Waals surface area (Å²) >= 11 is 4.80. The predicted octanol–water partition coefficient (Wildman–Crippen LogP) is 2.78. The van der Waals surface area contributed by atoms with Crippen LogP contribution >= 0.6 is 12.2 Å². The van der Waals surface area contributed by atoms with E-state index in [0.29, 0.717) is 11.1 Å². The van der Waals surface area contributed by atoms with E-state index in [1.807, 2.05) is 0 Å². The molecule has 0 unspecified atom stereocenters. The standard InChI is InChI=1S/C13H15F3N2OS/c14-13(15,16)6-1-2-7-18-12(19)10-5-3-4-9(8-10)11(17)20/h3-5,8H,1-2,6-7H2,(H2,17,20)(H,18,19). The Balaban J connectivity index is 2.40. The fourth-order valence-corrected chi connectivity index (χ4v) is 1.70. The van der Waals surface area contributed by atoms with Gasteiger partial charge in [0, 0.05) is 24.1 Å². The summed E-state index contributed by atoms with van der Waals surface area (Å²) in [6, 6.07) is 6.47. The molecule has 20 heavy (non-hydrogen) atoms. The van der Waals surface area contributed by atoms with Gasteiger partial charge in [-0.05, 0) is 25.0 Å². The van der Waals surface area contributed by atoms with Gasteiger partial charge in [-0.25, -0.2) is 0 Å². The van der Waals surface area contributed by atoms with Gasteiger partial charge in [0.15, 0.2) is 0 Å². The van der Waals surface area contributed by atoms with Crippen molar-refractivity contribution in [2.75, 3.05) is 6.54 Å². The number of hydrogen-bond acceptors (Lipinski definition) is 2. The number of thiocarbonyl (C=S) groups is 1. The van der Waals surface area contributed by atoms with Gasteiger partial charge in [0.25, 0.3) is 5.91 Å². The molecule has 1 rings (SSSR count). The molecule has 7 heteroatoms. The second kappa shape index (κ2) is 7.23. The fourth-order valence-electron chi connectivity index (χ4n) is 1.57. The molecule has 0 spiro atoms. The molecular formula is C13H15F3N2OS. The zero-order valence-electron chi connectivity index (χ0n) is 10.7. The molecule has 0 radical (unpaired) electrons. The highest BCUT2D eigenvalue weighted by Crippen LogP contribution is 2.21. The van der Waals surface area contributed by atoms with Crippen LogP contribution in [-0.2, 0) is 0 Å². The van der Waals surface area contributed by atoms with E-state index in [1.165, 1.54) is 0 Å². The second-order valence-corrected chi connectivity index (χ2v) is 4.71. The van der Waals surface area contributed by atoms with E-state index in [1.54, 1.807) is 24.3 Å². The van der Waals surface area contributed by atoms with Crippen LogP contribution in [-0.4, -0.2) is 23.6 Å². The minimum atomic E-state index is -4.14. The lowest BCUT2D eigenvalue weighted by molar-refractivity contribution is -0.135. The number of benzene rings is 1. The first-order valence-corrected chi connectivity index (χ1v) is 6.45. The Bertz CT molecular complexity index is 489. The van der Waals surface area contributed by atoms with Crippen molar-refractivity contribution in [3.63, 3.8) is 0 Å². The Kier molecular flexibility index (Phi) is 5.94. The molecule has 0 aliphatic carbocycles. The smallest absolute Gasteiger partial charge is 0.389 e. The first kappa shape index (κ1) is 16.4. The van der Waals surface area contributed by atoms with Crippen LogP contribution < -0.4 is 11.1 Å². The average Bonchev–Trinajstić information content (AvgIpc) is 2.37. The fraction of sp³-hybridized carbons (Fsp3) is 0.385. The average molecular weight is 304 g/mol. The summed E-state index contributed by atoms with van der Waals surface area (Å²) in [5.74, 6) is -0.352. The topological polar surface area (TPSA) is 55.1 Å². The molecule has 0 heterocycles. The van der Waals surface area contributed by atoms with Crippen LogP contribution in [0.5, 0.6) is 0 Å². The first-order chi connectivity index (χ1) is 9.29. The lowest BCUT2D eigenvalue weighted by Crippen LogP contribution is -2.25. The molecule has 110 valence electrons. The van der Waals surface area contributed by atoms with Gasteiger partial charge in [-0.1, -0.05) is 24.4 Å². The molecular weight excluding hydrogens is 289 g/mol. The largest absolute Gasteiger partial charge is 0.389 e. The summed E-state index contributed by atoms with van der Waals surface area (Å²) < 4.78 is 35.7. The van der Waals surface area contributed by atoms with Crippen molar-refractivity contribution in [3.8, 4) is 0 Å². The van der Waals surface area contributed by atoms with Gasteiger partial charge in [0.05, 0.1) is 0 Å². The molecule has 1 aromatic carbocycles. The third-order valence-electron chi connectivity index (χ3n) is 2.58. The summed E-state index contributed by atoms with van der Waals surface area (Å²) in [5, 5.41) is 2.56. The number of rotatable bonds is 6. The van der Waals surface area contributed by atoms with Crippen LogP contribution in [0.25, 0.3) is 0 Å². The van der Waals surface area contributed by atoms with E-state index in [-0.39, 0.29) is 30.3 Å². The summed E-state index contributed by atoms with van der Waals surface area (Å²) in [5.41, 5.74) is 6.41. The Labute approximate surface area is 120 Å². The van der Waals surface area contributed by atoms with Crippen LogP contribution in [0.4, 0.5) is 13.2 Å². The number of hydrogen-bond donors (Lipinski definition) is 2. The highest BCUT2D eigenvalue weighted by atomic mass is 32.1. The molecule has 3 N–H and O–H groups in total. The van der Waals surface area contributed by atoms with Gasteiger partial charge >= 0.3 is 6.18 Å². The van der Waals surface area contributed by atoms with E-state index < -0.39 is 12.6 Å². The minimum Gasteiger partial charge on any atom is -0.389 e. The van der Waals surface area contributed by atoms with Gasteiger partial charge < -0.3 is 11.1 Å². The lowest BCUT2D eigenvalue weighted by Gasteiger charge is -2.08. The quantitative estimate of drug-likeness (QED) is 0.627.